The van der Waals surface area contributed by atoms with Crippen molar-refractivity contribution in [2.75, 3.05) is 6.61 Å². The van der Waals surface area contributed by atoms with E-state index in [1.807, 2.05) is 0 Å². The van der Waals surface area contributed by atoms with Gasteiger partial charge in [0.1, 0.15) is 17.9 Å². The van der Waals surface area contributed by atoms with Gasteiger partial charge >= 0.3 is 5.97 Å². The lowest BCUT2D eigenvalue weighted by Gasteiger charge is -2.37. The van der Waals surface area contributed by atoms with Gasteiger partial charge in [0.05, 0.1) is 17.7 Å². The summed E-state index contributed by atoms with van der Waals surface area (Å²) in [6.45, 7) is 5.11. The molecule has 2 fully saturated rings. The van der Waals surface area contributed by atoms with Crippen molar-refractivity contribution in [3.8, 4) is 11.8 Å². The largest absolute Gasteiger partial charge is 0.492 e. The molecule has 0 heterocycles. The molecule has 0 bridgehead atoms. The highest BCUT2D eigenvalue weighted by molar-refractivity contribution is 5.90. The van der Waals surface area contributed by atoms with E-state index in [1.54, 1.807) is 18.2 Å². The molecule has 2 saturated carbocycles. The summed E-state index contributed by atoms with van der Waals surface area (Å²) in [5, 5.41) is 9.60. The van der Waals surface area contributed by atoms with Gasteiger partial charge in [-0.05, 0) is 80.9 Å². The number of hydrogen-bond acceptors (Lipinski definition) is 4. The summed E-state index contributed by atoms with van der Waals surface area (Å²) in [5.41, 5.74) is 0.864. The van der Waals surface area contributed by atoms with E-state index >= 15 is 0 Å². The Labute approximate surface area is 232 Å². The highest BCUT2D eigenvalue weighted by Gasteiger charge is 2.32. The van der Waals surface area contributed by atoms with Crippen molar-refractivity contribution in [2.24, 2.45) is 17.8 Å². The maximum absolute atomic E-state index is 12.9. The van der Waals surface area contributed by atoms with Crippen LogP contribution in [0.4, 0.5) is 0 Å². The highest BCUT2D eigenvalue weighted by Crippen LogP contribution is 2.41. The first-order valence-corrected chi connectivity index (χ1v) is 16.0. The van der Waals surface area contributed by atoms with E-state index in [2.05, 4.69) is 19.9 Å². The molecular formula is C34H53NO3. The molecule has 4 heteroatoms. The number of unbranched alkanes of at least 4 members (excludes halogenated alkanes) is 8. The summed E-state index contributed by atoms with van der Waals surface area (Å²) in [6, 6.07) is 7.32. The molecule has 0 aliphatic heterocycles. The summed E-state index contributed by atoms with van der Waals surface area (Å²) in [5.74, 6) is 2.90. The van der Waals surface area contributed by atoms with Crippen molar-refractivity contribution < 1.29 is 14.3 Å². The van der Waals surface area contributed by atoms with Crippen LogP contribution in [0.3, 0.4) is 0 Å². The van der Waals surface area contributed by atoms with Crippen LogP contribution in [-0.2, 0) is 4.74 Å². The van der Waals surface area contributed by atoms with Gasteiger partial charge in [-0.1, -0.05) is 90.9 Å². The summed E-state index contributed by atoms with van der Waals surface area (Å²) < 4.78 is 11.7. The predicted molar refractivity (Wildman–Crippen MR) is 155 cm³/mol. The summed E-state index contributed by atoms with van der Waals surface area (Å²) in [4.78, 5) is 12.9. The Balaban J connectivity index is 1.36. The lowest BCUT2D eigenvalue weighted by molar-refractivity contribution is 0.0109. The number of carbonyl (C=O) groups excluding carboxylic acids is 1. The van der Waals surface area contributed by atoms with Gasteiger partial charge in [-0.25, -0.2) is 4.79 Å². The molecule has 0 saturated heterocycles. The van der Waals surface area contributed by atoms with Crippen molar-refractivity contribution >= 4 is 5.97 Å². The number of hydrogen-bond donors (Lipinski definition) is 0. The molecular weight excluding hydrogens is 470 g/mol. The topological polar surface area (TPSA) is 59.3 Å². The Morgan fingerprint density at radius 2 is 1.42 bits per heavy atom. The minimum atomic E-state index is -0.309. The van der Waals surface area contributed by atoms with Crippen LogP contribution in [0.1, 0.15) is 152 Å². The van der Waals surface area contributed by atoms with Crippen molar-refractivity contribution in [2.45, 2.75) is 142 Å². The van der Waals surface area contributed by atoms with Gasteiger partial charge in [0.25, 0.3) is 0 Å². The molecule has 0 atom stereocenters. The molecule has 0 amide bonds. The van der Waals surface area contributed by atoms with Crippen molar-refractivity contribution in [3.63, 3.8) is 0 Å². The molecule has 1 aromatic rings. The van der Waals surface area contributed by atoms with Crippen molar-refractivity contribution in [1.82, 2.24) is 0 Å². The number of carbonyl (C=O) groups is 1. The number of rotatable bonds is 16. The second-order valence-corrected chi connectivity index (χ2v) is 12.0. The van der Waals surface area contributed by atoms with Gasteiger partial charge in [0, 0.05) is 0 Å². The summed E-state index contributed by atoms with van der Waals surface area (Å²) in [6.07, 6.45) is 24.1. The molecule has 0 radical (unpaired) electrons. The molecule has 2 aliphatic rings. The lowest BCUT2D eigenvalue weighted by atomic mass is 9.70. The zero-order chi connectivity index (χ0) is 27.0. The number of nitriles is 1. The molecule has 38 heavy (non-hydrogen) atoms. The quantitative estimate of drug-likeness (QED) is 0.160. The third-order valence-corrected chi connectivity index (χ3v) is 9.11. The smallest absolute Gasteiger partial charge is 0.338 e. The van der Waals surface area contributed by atoms with E-state index < -0.39 is 0 Å². The molecule has 0 aromatic heterocycles. The molecule has 3 rings (SSSR count). The SMILES string of the molecule is CCCCCCCCOc1ccc(C(=O)OC2CCC(C3CCC(CCCCCC)CC3)CC2)cc1C#N. The van der Waals surface area contributed by atoms with Crippen LogP contribution in [0.5, 0.6) is 5.75 Å². The number of benzene rings is 1. The maximum atomic E-state index is 12.9. The van der Waals surface area contributed by atoms with Gasteiger partial charge in [-0.2, -0.15) is 5.26 Å². The third-order valence-electron chi connectivity index (χ3n) is 9.11. The Morgan fingerprint density at radius 3 is 2.08 bits per heavy atom. The molecule has 4 nitrogen and oxygen atoms in total. The van der Waals surface area contributed by atoms with E-state index in [9.17, 15) is 10.1 Å². The van der Waals surface area contributed by atoms with Crippen LogP contribution in [0, 0.1) is 29.1 Å². The van der Waals surface area contributed by atoms with Crippen molar-refractivity contribution in [1.29, 1.82) is 5.26 Å². The summed E-state index contributed by atoms with van der Waals surface area (Å²) in [7, 11) is 0. The number of esters is 1. The van der Waals surface area contributed by atoms with E-state index in [-0.39, 0.29) is 12.1 Å². The van der Waals surface area contributed by atoms with Crippen LogP contribution in [-0.4, -0.2) is 18.7 Å². The molecule has 0 spiro atoms. The van der Waals surface area contributed by atoms with Gasteiger partial charge in [0.2, 0.25) is 0 Å². The first-order chi connectivity index (χ1) is 18.6. The average Bonchev–Trinajstić information content (AvgIpc) is 2.95. The first kappa shape index (κ1) is 30.5. The van der Waals surface area contributed by atoms with E-state index in [4.69, 9.17) is 9.47 Å². The van der Waals surface area contributed by atoms with Gasteiger partial charge in [-0.3, -0.25) is 0 Å². The van der Waals surface area contributed by atoms with E-state index in [0.717, 1.165) is 43.4 Å². The highest BCUT2D eigenvalue weighted by atomic mass is 16.5. The van der Waals surface area contributed by atoms with Gasteiger partial charge in [0.15, 0.2) is 0 Å². The number of ether oxygens (including phenoxy) is 2. The Morgan fingerprint density at radius 1 is 0.816 bits per heavy atom. The normalized spacial score (nSPS) is 23.5. The molecule has 2 aliphatic carbocycles. The molecule has 1 aromatic carbocycles. The van der Waals surface area contributed by atoms with E-state index in [0.29, 0.717) is 23.5 Å². The molecule has 0 N–H and O–H groups in total. The van der Waals surface area contributed by atoms with Crippen LogP contribution in [0.2, 0.25) is 0 Å². The Hall–Kier alpha value is -2.02. The molecule has 212 valence electrons. The first-order valence-electron chi connectivity index (χ1n) is 16.0. The van der Waals surface area contributed by atoms with Crippen LogP contribution in [0.25, 0.3) is 0 Å². The lowest BCUT2D eigenvalue weighted by Crippen LogP contribution is -2.29. The maximum Gasteiger partial charge on any atom is 0.338 e. The van der Waals surface area contributed by atoms with Crippen LogP contribution in [0.15, 0.2) is 18.2 Å². The van der Waals surface area contributed by atoms with Crippen LogP contribution >= 0.6 is 0 Å². The second kappa shape index (κ2) is 17.5. The fraction of sp³-hybridized carbons (Fsp3) is 0.765. The Kier molecular flexibility index (Phi) is 14.1. The standard InChI is InChI=1S/C34H53NO3/c1-3-5-7-9-10-12-24-37-33-23-20-30(25-31(33)26-35)34(36)38-32-21-18-29(19-22-32)28-16-14-27(15-17-28)13-11-8-6-4-2/h20,23,25,27-29,32H,3-19,21-22,24H2,1-2H3. The predicted octanol–water partition coefficient (Wildman–Crippen LogP) is 9.79. The Bertz CT molecular complexity index is 844. The second-order valence-electron chi connectivity index (χ2n) is 12.0. The molecule has 0 unspecified atom stereocenters. The minimum absolute atomic E-state index is 0.00262. The monoisotopic (exact) mass is 523 g/mol. The zero-order valence-corrected chi connectivity index (χ0v) is 24.4. The summed E-state index contributed by atoms with van der Waals surface area (Å²) >= 11 is 0. The van der Waals surface area contributed by atoms with Gasteiger partial charge < -0.3 is 9.47 Å². The van der Waals surface area contributed by atoms with Crippen molar-refractivity contribution in [3.05, 3.63) is 29.3 Å². The fourth-order valence-corrected chi connectivity index (χ4v) is 6.64. The van der Waals surface area contributed by atoms with E-state index in [1.165, 1.54) is 96.3 Å². The number of nitrogens with zero attached hydrogens (tertiary/aromatic N) is 1. The van der Waals surface area contributed by atoms with Crippen LogP contribution < -0.4 is 4.74 Å². The minimum Gasteiger partial charge on any atom is -0.492 e. The fourth-order valence-electron chi connectivity index (χ4n) is 6.64. The van der Waals surface area contributed by atoms with Gasteiger partial charge in [-0.15, -0.1) is 0 Å². The third kappa shape index (κ3) is 10.3. The average molecular weight is 524 g/mol. The zero-order valence-electron chi connectivity index (χ0n) is 24.4.